The van der Waals surface area contributed by atoms with Crippen molar-refractivity contribution in [1.29, 1.82) is 0 Å². The summed E-state index contributed by atoms with van der Waals surface area (Å²) in [7, 11) is -3.57. The van der Waals surface area contributed by atoms with Crippen LogP contribution in [0.4, 0.5) is 5.69 Å². The van der Waals surface area contributed by atoms with Crippen molar-refractivity contribution < 1.29 is 18.1 Å². The molecule has 10 nitrogen and oxygen atoms in total. The maximum atomic E-state index is 13.1. The molecule has 0 bridgehead atoms. The van der Waals surface area contributed by atoms with Crippen LogP contribution < -0.4 is 4.91 Å². The second kappa shape index (κ2) is 12.1. The molecule has 12 heteroatoms. The predicted molar refractivity (Wildman–Crippen MR) is 139 cm³/mol. The van der Waals surface area contributed by atoms with Crippen molar-refractivity contribution in [1.82, 2.24) is 9.22 Å². The summed E-state index contributed by atoms with van der Waals surface area (Å²) in [6, 6.07) is 18.6. The number of rotatable bonds is 9. The van der Waals surface area contributed by atoms with E-state index in [1.165, 1.54) is 29.8 Å². The Balaban J connectivity index is 1.28. The Morgan fingerprint density at radius 1 is 1.05 bits per heavy atom. The van der Waals surface area contributed by atoms with Gasteiger partial charge in [-0.25, -0.2) is 8.42 Å². The molecule has 2 heterocycles. The number of amides is 1. The minimum Gasteiger partial charge on any atom is -0.259 e. The van der Waals surface area contributed by atoms with Gasteiger partial charge in [0.05, 0.1) is 4.92 Å². The fourth-order valence-corrected chi connectivity index (χ4v) is 7.02. The average molecular weight is 541 g/mol. The molecule has 1 fully saturated rings. The highest BCUT2D eigenvalue weighted by Crippen LogP contribution is 2.30. The maximum Gasteiger partial charge on any atom is 0.360 e. The van der Waals surface area contributed by atoms with Crippen LogP contribution in [0.2, 0.25) is 0 Å². The van der Waals surface area contributed by atoms with Crippen molar-refractivity contribution in [3.63, 3.8) is 0 Å². The molecule has 0 N–H and O–H groups in total. The number of hydrogen-bond acceptors (Lipinski definition) is 7. The Morgan fingerprint density at radius 3 is 2.43 bits per heavy atom. The molecule has 1 aliphatic rings. The van der Waals surface area contributed by atoms with Crippen molar-refractivity contribution in [3.8, 4) is 0 Å². The zero-order valence-electron chi connectivity index (χ0n) is 20.0. The van der Waals surface area contributed by atoms with Crippen LogP contribution in [0.1, 0.15) is 40.1 Å². The zero-order valence-corrected chi connectivity index (χ0v) is 21.6. The molecule has 1 saturated heterocycles. The van der Waals surface area contributed by atoms with E-state index in [2.05, 4.69) is 27.3 Å². The number of hydrogen-bond donors (Lipinski definition) is 0. The number of carbonyl (C=O) groups excluding carboxylic acids is 1. The van der Waals surface area contributed by atoms with E-state index in [9.17, 15) is 23.3 Å². The minimum absolute atomic E-state index is 0.0821. The van der Waals surface area contributed by atoms with Crippen LogP contribution in [0.25, 0.3) is 0 Å². The van der Waals surface area contributed by atoms with E-state index >= 15 is 0 Å². The van der Waals surface area contributed by atoms with Crippen LogP contribution in [0.3, 0.4) is 0 Å². The van der Waals surface area contributed by atoms with E-state index in [4.69, 9.17) is 0 Å². The first-order valence-electron chi connectivity index (χ1n) is 11.8. The van der Waals surface area contributed by atoms with Gasteiger partial charge in [-0.3, -0.25) is 14.9 Å². The molecule has 1 aliphatic heterocycles. The van der Waals surface area contributed by atoms with Gasteiger partial charge < -0.3 is 0 Å². The first-order valence-corrected chi connectivity index (χ1v) is 14.1. The predicted octanol–water partition coefficient (Wildman–Crippen LogP) is 5.00. The normalized spacial score (nSPS) is 14.6. The van der Waals surface area contributed by atoms with Crippen molar-refractivity contribution in [2.45, 2.75) is 36.4 Å². The quantitative estimate of drug-likeness (QED) is 0.163. The summed E-state index contributed by atoms with van der Waals surface area (Å²) in [5.41, 5.74) is 1.33. The molecule has 0 aliphatic carbocycles. The first-order chi connectivity index (χ1) is 17.8. The van der Waals surface area contributed by atoms with Gasteiger partial charge in [0.1, 0.15) is 9.32 Å². The summed E-state index contributed by atoms with van der Waals surface area (Å²) in [4.78, 5) is 26.3. The number of non-ortho nitro benzene ring substituents is 1. The molecule has 4 rings (SSSR count). The number of nitrogens with zero attached hydrogens (tertiary/aromatic N) is 5. The number of thiophene rings is 1. The molecule has 0 atom stereocenters. The second-order valence-electron chi connectivity index (χ2n) is 8.69. The lowest BCUT2D eigenvalue weighted by atomic mass is 9.91. The third-order valence-electron chi connectivity index (χ3n) is 6.24. The fourth-order valence-electron chi connectivity index (χ4n) is 4.12. The Bertz CT molecular complexity index is 1410. The van der Waals surface area contributed by atoms with Crippen LogP contribution in [-0.2, 0) is 23.0 Å². The molecule has 192 valence electrons. The van der Waals surface area contributed by atoms with E-state index in [1.807, 2.05) is 18.2 Å². The largest absolute Gasteiger partial charge is 0.360 e. The maximum absolute atomic E-state index is 13.1. The van der Waals surface area contributed by atoms with Crippen molar-refractivity contribution in [2.24, 2.45) is 16.1 Å². The van der Waals surface area contributed by atoms with Gasteiger partial charge in [-0.15, -0.1) is 11.3 Å². The smallest absolute Gasteiger partial charge is 0.259 e. The van der Waals surface area contributed by atoms with E-state index in [-0.39, 0.29) is 22.0 Å². The van der Waals surface area contributed by atoms with Gasteiger partial charge in [0.2, 0.25) is 10.0 Å². The second-order valence-corrected chi connectivity index (χ2v) is 12.0. The minimum atomic E-state index is -3.57. The number of aryl methyl sites for hydroxylation is 1. The summed E-state index contributed by atoms with van der Waals surface area (Å²) < 4.78 is 28.0. The van der Waals surface area contributed by atoms with Crippen molar-refractivity contribution in [2.75, 3.05) is 13.1 Å². The van der Waals surface area contributed by atoms with Gasteiger partial charge in [-0.05, 0) is 61.4 Å². The highest BCUT2D eigenvalue weighted by molar-refractivity contribution is 7.91. The summed E-state index contributed by atoms with van der Waals surface area (Å²) >= 11 is 1.13. The van der Waals surface area contributed by atoms with Crippen LogP contribution in [0.15, 0.2) is 81.2 Å². The lowest BCUT2D eigenvalue weighted by molar-refractivity contribution is -0.384. The highest BCUT2D eigenvalue weighted by atomic mass is 32.2. The Hall–Kier alpha value is -3.57. The molecular formula is C25H26N5O5S2+. The number of benzene rings is 2. The number of sulfonamides is 1. The molecule has 1 aromatic heterocycles. The van der Waals surface area contributed by atoms with Gasteiger partial charge >= 0.3 is 5.91 Å². The van der Waals surface area contributed by atoms with E-state index in [1.54, 1.807) is 16.4 Å². The lowest BCUT2D eigenvalue weighted by Gasteiger charge is -2.30. The van der Waals surface area contributed by atoms with Crippen LogP contribution >= 0.6 is 11.3 Å². The summed E-state index contributed by atoms with van der Waals surface area (Å²) in [6.45, 7) is 1.11. The van der Waals surface area contributed by atoms with E-state index in [0.29, 0.717) is 23.9 Å². The van der Waals surface area contributed by atoms with Crippen molar-refractivity contribution in [3.05, 3.63) is 92.8 Å². The zero-order chi connectivity index (χ0) is 26.3. The standard InChI is InChI=1S/C25H26N5O5S2/c31-25(21-8-10-22(11-9-21)30(32)33)27-28-26-18-23-12-13-24(36-23)37(34,35)29-16-14-20(15-17-29)7-6-19-4-2-1-3-5-19/h1-5,8-13,20H,6-7,14-18H2/q+1. The Labute approximate surface area is 218 Å². The molecule has 1 amide bonds. The van der Waals surface area contributed by atoms with Gasteiger partial charge in [0.25, 0.3) is 15.7 Å². The van der Waals surface area contributed by atoms with Crippen LogP contribution in [-0.4, -0.2) is 36.6 Å². The molecule has 2 aromatic carbocycles. The fraction of sp³-hybridized carbons (Fsp3) is 0.320. The molecule has 37 heavy (non-hydrogen) atoms. The van der Waals surface area contributed by atoms with Gasteiger partial charge in [0.15, 0.2) is 6.54 Å². The summed E-state index contributed by atoms with van der Waals surface area (Å²) in [6.07, 6.45) is 3.77. The summed E-state index contributed by atoms with van der Waals surface area (Å²) in [5, 5.41) is 18.0. The molecule has 0 radical (unpaired) electrons. The number of piperidine rings is 1. The SMILES string of the molecule is O=C(N=[N+]=NCc1ccc(S(=O)(=O)N2CCC(CCc3ccccc3)CC2)s1)c1ccc([N+](=O)[O-])cc1. The molecule has 3 aromatic rings. The third kappa shape index (κ3) is 7.01. The van der Waals surface area contributed by atoms with Gasteiger partial charge in [0, 0.05) is 35.7 Å². The van der Waals surface area contributed by atoms with Crippen LogP contribution in [0, 0.1) is 16.0 Å². The van der Waals surface area contributed by atoms with E-state index < -0.39 is 20.9 Å². The Morgan fingerprint density at radius 2 is 1.76 bits per heavy atom. The van der Waals surface area contributed by atoms with E-state index in [0.717, 1.165) is 37.0 Å². The molecule has 0 spiro atoms. The first kappa shape index (κ1) is 26.5. The summed E-state index contributed by atoms with van der Waals surface area (Å²) in [5.74, 6) is -0.163. The van der Waals surface area contributed by atoms with Gasteiger partial charge in [-0.2, -0.15) is 4.31 Å². The lowest BCUT2D eigenvalue weighted by Crippen LogP contribution is -2.38. The molecule has 0 unspecified atom stereocenters. The Kier molecular flexibility index (Phi) is 8.67. The highest BCUT2D eigenvalue weighted by Gasteiger charge is 2.30. The van der Waals surface area contributed by atoms with Crippen LogP contribution in [0.5, 0.6) is 0 Å². The number of nitro groups is 1. The van der Waals surface area contributed by atoms with Gasteiger partial charge in [-0.1, -0.05) is 30.3 Å². The number of nitro benzene ring substituents is 1. The number of carbonyl (C=O) groups is 1. The van der Waals surface area contributed by atoms with Crippen molar-refractivity contribution >= 4 is 33.0 Å². The molecular weight excluding hydrogens is 514 g/mol. The molecule has 0 saturated carbocycles. The topological polar surface area (TPSA) is 136 Å². The monoisotopic (exact) mass is 540 g/mol. The third-order valence-corrected chi connectivity index (χ3v) is 9.68. The average Bonchev–Trinajstić information content (AvgIpc) is 3.41.